The van der Waals surface area contributed by atoms with Crippen molar-refractivity contribution in [2.45, 2.75) is 257 Å². The smallest absolute Gasteiger partial charge is 0.361 e. The first-order chi connectivity index (χ1) is 43.6. The standard InChI is InChI=1S/C80H127NO8/c1-6-8-10-12-14-16-18-20-22-24-26-28-30-31-32-33-34-35-36-37-38-39-40-41-42-43-44-45-46-47-49-51-53-55-57-59-61-63-65-67-69-71-78(83)89-76(75-88-80(79(84)85)86-73-72-81(3,4)5)74-87-77(82)70-68-66-64-62-60-58-56-54-52-50-48-29-27-25-23-21-19-17-15-13-11-9-7-2/h8-11,14-17,20-23,26-29,31-32,34-35,37-38,40-41,43-44,50,52,56,58,76,80H,6-7,12-13,18-19,24-25,30,33,36,39,42,45-49,51,53-55,57,59-75H2,1-5H3/p+1/b10-8-,11-9-,16-14-,17-15-,22-20-,23-21-,28-26-,29-27-,32-31-,35-34-,38-37-,41-40-,44-43-,52-50-,58-56-. The molecule has 0 saturated carbocycles. The summed E-state index contributed by atoms with van der Waals surface area (Å²) < 4.78 is 22.9. The third-order valence-electron chi connectivity index (χ3n) is 14.2. The number of carbonyl (C=O) groups excluding carboxylic acids is 2. The Morgan fingerprint density at radius 2 is 0.607 bits per heavy atom. The van der Waals surface area contributed by atoms with Crippen molar-refractivity contribution in [3.63, 3.8) is 0 Å². The number of allylic oxidation sites excluding steroid dienone is 30. The molecular formula is C80H128NO8+. The second-order valence-corrected chi connectivity index (χ2v) is 23.7. The van der Waals surface area contributed by atoms with Crippen LogP contribution in [0.25, 0.3) is 0 Å². The molecule has 89 heavy (non-hydrogen) atoms. The molecule has 0 aliphatic heterocycles. The van der Waals surface area contributed by atoms with Crippen LogP contribution in [0.5, 0.6) is 0 Å². The van der Waals surface area contributed by atoms with E-state index in [4.69, 9.17) is 18.9 Å². The van der Waals surface area contributed by atoms with Crippen LogP contribution in [0.3, 0.4) is 0 Å². The molecule has 500 valence electrons. The number of ether oxygens (including phenoxy) is 4. The Kier molecular flexibility index (Phi) is 64.0. The molecule has 2 atom stereocenters. The van der Waals surface area contributed by atoms with E-state index < -0.39 is 24.3 Å². The predicted molar refractivity (Wildman–Crippen MR) is 382 cm³/mol. The van der Waals surface area contributed by atoms with Crippen molar-refractivity contribution in [2.75, 3.05) is 47.5 Å². The summed E-state index contributed by atoms with van der Waals surface area (Å²) >= 11 is 0. The average Bonchev–Trinajstić information content (AvgIpc) is 3.64. The van der Waals surface area contributed by atoms with E-state index in [1.165, 1.54) is 64.2 Å². The highest BCUT2D eigenvalue weighted by Crippen LogP contribution is 2.15. The average molecular weight is 1230 g/mol. The van der Waals surface area contributed by atoms with Crippen LogP contribution in [0.4, 0.5) is 0 Å². The molecule has 0 radical (unpaired) electrons. The van der Waals surface area contributed by atoms with Crippen LogP contribution in [0.2, 0.25) is 0 Å². The predicted octanol–water partition coefficient (Wildman–Crippen LogP) is 22.0. The first-order valence-corrected chi connectivity index (χ1v) is 34.9. The van der Waals surface area contributed by atoms with Gasteiger partial charge in [0, 0.05) is 12.8 Å². The lowest BCUT2D eigenvalue weighted by molar-refractivity contribution is -0.870. The second-order valence-electron chi connectivity index (χ2n) is 23.7. The maximum atomic E-state index is 12.9. The van der Waals surface area contributed by atoms with Gasteiger partial charge in [0.15, 0.2) is 6.10 Å². The summed E-state index contributed by atoms with van der Waals surface area (Å²) in [6, 6.07) is 0. The summed E-state index contributed by atoms with van der Waals surface area (Å²) in [6.07, 6.45) is 101. The zero-order valence-electron chi connectivity index (χ0n) is 57.0. The van der Waals surface area contributed by atoms with Crippen molar-refractivity contribution >= 4 is 17.9 Å². The van der Waals surface area contributed by atoms with Gasteiger partial charge in [-0.3, -0.25) is 9.59 Å². The van der Waals surface area contributed by atoms with Crippen molar-refractivity contribution in [1.82, 2.24) is 0 Å². The zero-order valence-corrected chi connectivity index (χ0v) is 57.0. The van der Waals surface area contributed by atoms with Crippen molar-refractivity contribution in [3.05, 3.63) is 182 Å². The van der Waals surface area contributed by atoms with Crippen molar-refractivity contribution in [3.8, 4) is 0 Å². The van der Waals surface area contributed by atoms with Crippen LogP contribution in [-0.2, 0) is 33.3 Å². The number of quaternary nitrogens is 1. The van der Waals surface area contributed by atoms with Gasteiger partial charge in [-0.25, -0.2) is 4.79 Å². The number of carboxylic acids is 1. The van der Waals surface area contributed by atoms with Crippen LogP contribution in [0, 0.1) is 0 Å². The highest BCUT2D eigenvalue weighted by Gasteiger charge is 2.25. The largest absolute Gasteiger partial charge is 0.477 e. The number of hydrogen-bond donors (Lipinski definition) is 1. The maximum Gasteiger partial charge on any atom is 0.361 e. The monoisotopic (exact) mass is 1230 g/mol. The molecule has 0 heterocycles. The minimum Gasteiger partial charge on any atom is -0.477 e. The number of hydrogen-bond acceptors (Lipinski definition) is 7. The van der Waals surface area contributed by atoms with Gasteiger partial charge in [-0.05, 0) is 135 Å². The number of carbonyl (C=O) groups is 3. The van der Waals surface area contributed by atoms with E-state index >= 15 is 0 Å². The number of likely N-dealkylation sites (N-methyl/N-ethyl adjacent to an activating group) is 1. The van der Waals surface area contributed by atoms with Gasteiger partial charge in [0.25, 0.3) is 6.29 Å². The molecular weight excluding hydrogens is 1100 g/mol. The number of carboxylic acid groups (broad SMARTS) is 1. The third-order valence-corrected chi connectivity index (χ3v) is 14.2. The fourth-order valence-corrected chi connectivity index (χ4v) is 8.89. The molecule has 0 spiro atoms. The van der Waals surface area contributed by atoms with Gasteiger partial charge < -0.3 is 28.5 Å². The lowest BCUT2D eigenvalue weighted by Crippen LogP contribution is -2.40. The number of nitrogens with zero attached hydrogens (tertiary/aromatic N) is 1. The number of esters is 2. The van der Waals surface area contributed by atoms with Gasteiger partial charge in [-0.15, -0.1) is 0 Å². The minimum absolute atomic E-state index is 0.174. The SMILES string of the molecule is CC/C=C\C/C=C\C/C=C\C/C=C\C/C=C\C/C=C\C/C=C\C/C=C\C/C=C\CCCCCCCCCCCCCCCC(=O)OC(COC(=O)CCCCCC/C=C\C/C=C\C/C=C\C/C=C\C/C=C\C/C=C\CC)COC(OCC[N+](C)(C)C)C(=O)O. The van der Waals surface area contributed by atoms with E-state index in [9.17, 15) is 19.5 Å². The fourth-order valence-electron chi connectivity index (χ4n) is 8.89. The van der Waals surface area contributed by atoms with Gasteiger partial charge in [0.1, 0.15) is 13.2 Å². The Hall–Kier alpha value is -5.61. The van der Waals surface area contributed by atoms with Crippen LogP contribution < -0.4 is 0 Å². The van der Waals surface area contributed by atoms with Crippen molar-refractivity contribution in [2.24, 2.45) is 0 Å². The normalized spacial score (nSPS) is 13.9. The molecule has 0 rings (SSSR count). The number of aliphatic carboxylic acids is 1. The van der Waals surface area contributed by atoms with E-state index in [1.807, 2.05) is 21.1 Å². The second kappa shape index (κ2) is 68.3. The first-order valence-electron chi connectivity index (χ1n) is 34.9. The number of rotatable bonds is 62. The van der Waals surface area contributed by atoms with Gasteiger partial charge in [0.2, 0.25) is 0 Å². The molecule has 2 unspecified atom stereocenters. The first kappa shape index (κ1) is 83.4. The molecule has 0 aromatic rings. The molecule has 0 aliphatic rings. The third kappa shape index (κ3) is 69.7. The fraction of sp³-hybridized carbons (Fsp3) is 0.588. The van der Waals surface area contributed by atoms with Gasteiger partial charge in [-0.1, -0.05) is 280 Å². The van der Waals surface area contributed by atoms with Gasteiger partial charge in [0.05, 0.1) is 34.4 Å². The van der Waals surface area contributed by atoms with E-state index in [-0.39, 0.29) is 38.6 Å². The molecule has 0 aromatic carbocycles. The molecule has 0 aliphatic carbocycles. The Labute approximate surface area is 545 Å². The van der Waals surface area contributed by atoms with Crippen molar-refractivity contribution < 1.29 is 42.9 Å². The quantitative estimate of drug-likeness (QED) is 0.0211. The summed E-state index contributed by atoms with van der Waals surface area (Å²) in [7, 11) is 5.95. The summed E-state index contributed by atoms with van der Waals surface area (Å²) in [5.74, 6) is -2.06. The van der Waals surface area contributed by atoms with Crippen LogP contribution in [-0.4, -0.2) is 87.4 Å². The molecule has 0 fully saturated rings. The highest BCUT2D eigenvalue weighted by atomic mass is 16.7. The molecule has 9 heteroatoms. The molecule has 0 saturated heterocycles. The van der Waals surface area contributed by atoms with E-state index in [0.29, 0.717) is 23.9 Å². The lowest BCUT2D eigenvalue weighted by Gasteiger charge is -2.25. The highest BCUT2D eigenvalue weighted by molar-refractivity contribution is 5.71. The topological polar surface area (TPSA) is 108 Å². The Bertz CT molecular complexity index is 2120. The zero-order chi connectivity index (χ0) is 64.7. The molecule has 0 bridgehead atoms. The molecule has 0 aromatic heterocycles. The van der Waals surface area contributed by atoms with Crippen LogP contribution >= 0.6 is 0 Å². The van der Waals surface area contributed by atoms with Gasteiger partial charge in [-0.2, -0.15) is 0 Å². The van der Waals surface area contributed by atoms with E-state index in [2.05, 4.69) is 196 Å². The summed E-state index contributed by atoms with van der Waals surface area (Å²) in [5.41, 5.74) is 0. The summed E-state index contributed by atoms with van der Waals surface area (Å²) in [5, 5.41) is 9.74. The Balaban J connectivity index is 4.17. The van der Waals surface area contributed by atoms with Gasteiger partial charge >= 0.3 is 17.9 Å². The molecule has 0 amide bonds. The van der Waals surface area contributed by atoms with Crippen molar-refractivity contribution in [1.29, 1.82) is 0 Å². The molecule has 1 N–H and O–H groups in total. The maximum absolute atomic E-state index is 12.9. The Morgan fingerprint density at radius 3 is 0.899 bits per heavy atom. The minimum atomic E-state index is -1.53. The van der Waals surface area contributed by atoms with E-state index in [1.54, 1.807) is 0 Å². The van der Waals surface area contributed by atoms with E-state index in [0.717, 1.165) is 141 Å². The summed E-state index contributed by atoms with van der Waals surface area (Å²) in [6.45, 7) is 4.60. The molecule has 9 nitrogen and oxygen atoms in total. The lowest BCUT2D eigenvalue weighted by atomic mass is 10.0. The Morgan fingerprint density at radius 1 is 0.337 bits per heavy atom. The summed E-state index contributed by atoms with van der Waals surface area (Å²) in [4.78, 5) is 37.6. The van der Waals surface area contributed by atoms with Crippen LogP contribution in [0.1, 0.15) is 245 Å². The van der Waals surface area contributed by atoms with Crippen LogP contribution in [0.15, 0.2) is 182 Å². The number of unbranched alkanes of at least 4 members (excludes halogenated alkanes) is 17.